The zero-order valence-electron chi connectivity index (χ0n) is 24.9. The van der Waals surface area contributed by atoms with Crippen LogP contribution in [0.15, 0.2) is 60.7 Å². The lowest BCUT2D eigenvalue weighted by Gasteiger charge is -2.35. The smallest absolute Gasteiger partial charge is 0.408 e. The van der Waals surface area contributed by atoms with Gasteiger partial charge in [-0.25, -0.2) is 4.79 Å². The van der Waals surface area contributed by atoms with Gasteiger partial charge in [-0.15, -0.1) is 0 Å². The minimum atomic E-state index is -1.12. The van der Waals surface area contributed by atoms with E-state index in [1.807, 2.05) is 74.5 Å². The Balaban J connectivity index is 1.71. The van der Waals surface area contributed by atoms with Crippen molar-refractivity contribution in [2.75, 3.05) is 5.32 Å². The maximum Gasteiger partial charge on any atom is 0.408 e. The summed E-state index contributed by atoms with van der Waals surface area (Å²) in [7, 11) is 0. The lowest BCUT2D eigenvalue weighted by Crippen LogP contribution is -2.53. The molecule has 0 aliphatic heterocycles. The van der Waals surface area contributed by atoms with Gasteiger partial charge >= 0.3 is 6.09 Å². The molecule has 0 aromatic heterocycles. The molecule has 0 spiro atoms. The van der Waals surface area contributed by atoms with E-state index in [1.54, 1.807) is 25.7 Å². The number of benzene rings is 3. The molecule has 3 aromatic rings. The van der Waals surface area contributed by atoms with Crippen molar-refractivity contribution >= 4 is 40.3 Å². The van der Waals surface area contributed by atoms with E-state index in [4.69, 9.17) is 10.5 Å². The van der Waals surface area contributed by atoms with Gasteiger partial charge in [0.05, 0.1) is 0 Å². The third kappa shape index (κ3) is 7.87. The number of rotatable bonds is 10. The standard InChI is InChI=1S/C33H40N4O5/c1-20-10-11-24(18-21(20)2)29(30(39)35-25-13-12-22-8-6-7-9-23(22)19-25)37(26-14-15-26)31(40)27(16-17-28(34)38)36-32(41)42-33(3,4)5/h6-13,18-19,26-27,29H,14-17H2,1-5H3,(H2,34,38)(H,35,39)(H,36,41). The van der Waals surface area contributed by atoms with Crippen molar-refractivity contribution in [3.05, 3.63) is 77.4 Å². The maximum absolute atomic E-state index is 14.3. The first-order valence-electron chi connectivity index (χ1n) is 14.3. The Morgan fingerprint density at radius 1 is 0.952 bits per heavy atom. The van der Waals surface area contributed by atoms with Gasteiger partial charge in [0.1, 0.15) is 17.7 Å². The Kier molecular flexibility index (Phi) is 9.19. The second-order valence-corrected chi connectivity index (χ2v) is 12.0. The highest BCUT2D eigenvalue weighted by Crippen LogP contribution is 2.37. The van der Waals surface area contributed by atoms with Crippen LogP contribution in [0.2, 0.25) is 0 Å². The minimum absolute atomic E-state index is 0.0252. The molecule has 0 radical (unpaired) electrons. The quantitative estimate of drug-likeness (QED) is 0.304. The van der Waals surface area contributed by atoms with Crippen LogP contribution in [0.4, 0.5) is 10.5 Å². The average molecular weight is 573 g/mol. The monoisotopic (exact) mass is 572 g/mol. The van der Waals surface area contributed by atoms with Crippen molar-refractivity contribution in [2.24, 2.45) is 5.73 Å². The maximum atomic E-state index is 14.3. The van der Waals surface area contributed by atoms with Crippen LogP contribution >= 0.6 is 0 Å². The molecule has 0 saturated heterocycles. The third-order valence-electron chi connectivity index (χ3n) is 7.25. The Morgan fingerprint density at radius 3 is 2.26 bits per heavy atom. The van der Waals surface area contributed by atoms with Crippen LogP contribution in [0.25, 0.3) is 10.8 Å². The molecular formula is C33H40N4O5. The van der Waals surface area contributed by atoms with Crippen molar-refractivity contribution in [3.63, 3.8) is 0 Å². The highest BCUT2D eigenvalue weighted by molar-refractivity contribution is 6.00. The van der Waals surface area contributed by atoms with Crippen molar-refractivity contribution in [1.29, 1.82) is 0 Å². The fourth-order valence-electron chi connectivity index (χ4n) is 4.90. The van der Waals surface area contributed by atoms with Crippen LogP contribution in [0.1, 0.15) is 69.2 Å². The summed E-state index contributed by atoms with van der Waals surface area (Å²) in [4.78, 5) is 54.4. The highest BCUT2D eigenvalue weighted by Gasteiger charge is 2.44. The molecular weight excluding hydrogens is 532 g/mol. The number of ether oxygens (including phenoxy) is 1. The number of hydrogen-bond acceptors (Lipinski definition) is 5. The van der Waals surface area contributed by atoms with Gasteiger partial charge in [0.2, 0.25) is 11.8 Å². The third-order valence-corrected chi connectivity index (χ3v) is 7.25. The summed E-state index contributed by atoms with van der Waals surface area (Å²) in [6.45, 7) is 9.10. The Morgan fingerprint density at radius 2 is 1.64 bits per heavy atom. The molecule has 2 atom stereocenters. The summed E-state index contributed by atoms with van der Waals surface area (Å²) >= 11 is 0. The first-order valence-corrected chi connectivity index (χ1v) is 14.3. The summed E-state index contributed by atoms with van der Waals surface area (Å²) in [6.07, 6.45) is 0.492. The Hall–Kier alpha value is -4.40. The molecule has 42 heavy (non-hydrogen) atoms. The molecule has 9 heteroatoms. The van der Waals surface area contributed by atoms with E-state index in [9.17, 15) is 19.2 Å². The van der Waals surface area contributed by atoms with E-state index < -0.39 is 35.6 Å². The second-order valence-electron chi connectivity index (χ2n) is 12.0. The molecule has 4 rings (SSSR count). The summed E-state index contributed by atoms with van der Waals surface area (Å²) in [5, 5.41) is 7.68. The largest absolute Gasteiger partial charge is 0.444 e. The van der Waals surface area contributed by atoms with Crippen molar-refractivity contribution in [1.82, 2.24) is 10.2 Å². The number of primary amides is 1. The lowest BCUT2D eigenvalue weighted by atomic mass is 9.97. The first-order chi connectivity index (χ1) is 19.8. The number of nitrogens with one attached hydrogen (secondary N) is 2. The van der Waals surface area contributed by atoms with Crippen LogP contribution in [-0.2, 0) is 19.1 Å². The highest BCUT2D eigenvalue weighted by atomic mass is 16.6. The molecule has 2 unspecified atom stereocenters. The number of carbonyl (C=O) groups excluding carboxylic acids is 4. The number of nitrogens with zero attached hydrogens (tertiary/aromatic N) is 1. The number of hydrogen-bond donors (Lipinski definition) is 3. The summed E-state index contributed by atoms with van der Waals surface area (Å²) in [5.41, 5.74) is 7.91. The predicted octanol–water partition coefficient (Wildman–Crippen LogP) is 5.29. The van der Waals surface area contributed by atoms with Gasteiger partial charge in [0.25, 0.3) is 5.91 Å². The minimum Gasteiger partial charge on any atom is -0.444 e. The lowest BCUT2D eigenvalue weighted by molar-refractivity contribution is -0.141. The van der Waals surface area contributed by atoms with Crippen LogP contribution in [0.3, 0.4) is 0 Å². The van der Waals surface area contributed by atoms with Crippen molar-refractivity contribution in [2.45, 2.75) is 84.0 Å². The molecule has 1 saturated carbocycles. The Labute approximate surface area is 246 Å². The predicted molar refractivity (Wildman–Crippen MR) is 163 cm³/mol. The van der Waals surface area contributed by atoms with Crippen molar-refractivity contribution in [3.8, 4) is 0 Å². The van der Waals surface area contributed by atoms with Gasteiger partial charge in [-0.1, -0.05) is 48.5 Å². The van der Waals surface area contributed by atoms with Gasteiger partial charge < -0.3 is 26.0 Å². The average Bonchev–Trinajstić information content (AvgIpc) is 3.75. The van der Waals surface area contributed by atoms with Crippen LogP contribution in [-0.4, -0.2) is 46.4 Å². The van der Waals surface area contributed by atoms with Crippen LogP contribution in [0, 0.1) is 13.8 Å². The van der Waals surface area contributed by atoms with E-state index in [0.29, 0.717) is 24.1 Å². The normalized spacial score (nSPS) is 14.5. The molecule has 1 aliphatic carbocycles. The summed E-state index contributed by atoms with van der Waals surface area (Å²) in [6, 6.07) is 16.9. The molecule has 3 aromatic carbocycles. The number of nitrogens with two attached hydrogens (primary N) is 1. The Bertz CT molecular complexity index is 1490. The van der Waals surface area contributed by atoms with Gasteiger partial charge in [-0.3, -0.25) is 14.4 Å². The van der Waals surface area contributed by atoms with Crippen LogP contribution < -0.4 is 16.4 Å². The van der Waals surface area contributed by atoms with Crippen molar-refractivity contribution < 1.29 is 23.9 Å². The van der Waals surface area contributed by atoms with Gasteiger partial charge in [-0.2, -0.15) is 0 Å². The SMILES string of the molecule is Cc1ccc(C(C(=O)Nc2ccc3ccccc3c2)N(C(=O)C(CCC(N)=O)NC(=O)OC(C)(C)C)C2CC2)cc1C. The molecule has 1 aliphatic rings. The van der Waals surface area contributed by atoms with Gasteiger partial charge in [-0.05, 0) is 93.5 Å². The van der Waals surface area contributed by atoms with E-state index in [-0.39, 0.29) is 24.8 Å². The zero-order chi connectivity index (χ0) is 30.6. The molecule has 4 N–H and O–H groups in total. The molecule has 9 nitrogen and oxygen atoms in total. The first kappa shape index (κ1) is 30.6. The number of anilines is 1. The fraction of sp³-hybridized carbons (Fsp3) is 0.394. The number of amides is 4. The number of fused-ring (bicyclic) bond motifs is 1. The molecule has 0 bridgehead atoms. The second kappa shape index (κ2) is 12.6. The van der Waals surface area contributed by atoms with E-state index in [0.717, 1.165) is 21.9 Å². The number of aryl methyl sites for hydroxylation is 2. The van der Waals surface area contributed by atoms with E-state index in [1.165, 1.54) is 0 Å². The molecule has 4 amide bonds. The van der Waals surface area contributed by atoms with Gasteiger partial charge in [0, 0.05) is 18.2 Å². The number of carbonyl (C=O) groups is 4. The summed E-state index contributed by atoms with van der Waals surface area (Å²) in [5.74, 6) is -1.45. The zero-order valence-corrected chi connectivity index (χ0v) is 24.9. The molecule has 222 valence electrons. The molecule has 1 fully saturated rings. The topological polar surface area (TPSA) is 131 Å². The number of alkyl carbamates (subject to hydrolysis) is 1. The molecule has 0 heterocycles. The van der Waals surface area contributed by atoms with Crippen LogP contribution in [0.5, 0.6) is 0 Å². The fourth-order valence-corrected chi connectivity index (χ4v) is 4.90. The van der Waals surface area contributed by atoms with Gasteiger partial charge in [0.15, 0.2) is 0 Å². The van der Waals surface area contributed by atoms with E-state index >= 15 is 0 Å². The van der Waals surface area contributed by atoms with E-state index in [2.05, 4.69) is 10.6 Å². The summed E-state index contributed by atoms with van der Waals surface area (Å²) < 4.78 is 5.40.